The highest BCUT2D eigenvalue weighted by Crippen LogP contribution is 2.30. The molecule has 1 N–H and O–H groups in total. The molecule has 0 aliphatic carbocycles. The van der Waals surface area contributed by atoms with Gasteiger partial charge in [0, 0.05) is 25.8 Å². The van der Waals surface area contributed by atoms with E-state index in [2.05, 4.69) is 10.3 Å². The van der Waals surface area contributed by atoms with Gasteiger partial charge in [0.25, 0.3) is 5.91 Å². The second-order valence-corrected chi connectivity index (χ2v) is 9.46. The van der Waals surface area contributed by atoms with Crippen molar-refractivity contribution in [1.29, 1.82) is 0 Å². The van der Waals surface area contributed by atoms with Gasteiger partial charge >= 0.3 is 11.9 Å². The SMILES string of the molecule is COc1ccnc(C(=O)NC2COCC(OCC(C)C)C(Oc3ccccc3)C(C)OC2=O)c1OCOC(C)=O. The predicted octanol–water partition coefficient (Wildman–Crippen LogP) is 2.54. The molecule has 12 heteroatoms. The van der Waals surface area contributed by atoms with Gasteiger partial charge in [-0.3, -0.25) is 9.59 Å². The number of rotatable bonds is 11. The summed E-state index contributed by atoms with van der Waals surface area (Å²) in [5.41, 5.74) is -0.185. The number of hydrogen-bond donors (Lipinski definition) is 1. The summed E-state index contributed by atoms with van der Waals surface area (Å²) in [5.74, 6) is -1.09. The lowest BCUT2D eigenvalue weighted by Gasteiger charge is -2.31. The van der Waals surface area contributed by atoms with Crippen LogP contribution in [0.25, 0.3) is 0 Å². The monoisotopic (exact) mass is 560 g/mol. The van der Waals surface area contributed by atoms with Crippen molar-refractivity contribution < 1.29 is 47.5 Å². The Morgan fingerprint density at radius 2 is 1.90 bits per heavy atom. The van der Waals surface area contributed by atoms with E-state index in [0.29, 0.717) is 12.4 Å². The van der Waals surface area contributed by atoms with Gasteiger partial charge in [-0.2, -0.15) is 0 Å². The van der Waals surface area contributed by atoms with Crippen LogP contribution in [0.15, 0.2) is 42.6 Å². The topological polar surface area (TPSA) is 141 Å². The standard InChI is InChI=1S/C28H36N2O10/c1-17(2)13-36-23-15-35-14-21(28(33)39-18(3)25(23)40-20-9-7-6-8-10-20)30-27(32)24-26(38-16-37-19(4)31)22(34-5)11-12-29-24/h6-12,17-18,21,23,25H,13-16H2,1-5H3,(H,30,32). The first-order valence-corrected chi connectivity index (χ1v) is 12.9. The first-order valence-electron chi connectivity index (χ1n) is 12.9. The maximum atomic E-state index is 13.2. The molecule has 0 spiro atoms. The Morgan fingerprint density at radius 1 is 1.15 bits per heavy atom. The van der Waals surface area contributed by atoms with Crippen LogP contribution in [0.2, 0.25) is 0 Å². The zero-order valence-corrected chi connectivity index (χ0v) is 23.3. The van der Waals surface area contributed by atoms with E-state index in [9.17, 15) is 14.4 Å². The Bertz CT molecular complexity index is 1130. The molecule has 1 aromatic heterocycles. The van der Waals surface area contributed by atoms with Gasteiger partial charge in [0.2, 0.25) is 6.79 Å². The molecule has 0 saturated carbocycles. The van der Waals surface area contributed by atoms with Gasteiger partial charge in [0.15, 0.2) is 29.3 Å². The summed E-state index contributed by atoms with van der Waals surface area (Å²) in [4.78, 5) is 41.6. The fourth-order valence-corrected chi connectivity index (χ4v) is 3.78. The summed E-state index contributed by atoms with van der Waals surface area (Å²) in [5, 5.41) is 2.60. The minimum Gasteiger partial charge on any atom is -0.493 e. The molecular formula is C28H36N2O10. The zero-order chi connectivity index (χ0) is 29.1. The maximum Gasteiger partial charge on any atom is 0.331 e. The molecular weight excluding hydrogens is 524 g/mol. The van der Waals surface area contributed by atoms with E-state index < -0.39 is 49.0 Å². The van der Waals surface area contributed by atoms with E-state index in [1.807, 2.05) is 32.0 Å². The number of ether oxygens (including phenoxy) is 7. The lowest BCUT2D eigenvalue weighted by atomic mass is 10.1. The number of amides is 1. The zero-order valence-electron chi connectivity index (χ0n) is 23.3. The Morgan fingerprint density at radius 3 is 2.58 bits per heavy atom. The number of nitrogens with zero attached hydrogens (tertiary/aromatic N) is 1. The molecule has 2 aromatic rings. The van der Waals surface area contributed by atoms with Crippen LogP contribution < -0.4 is 19.5 Å². The number of para-hydroxylation sites is 1. The maximum absolute atomic E-state index is 13.2. The highest BCUT2D eigenvalue weighted by molar-refractivity contribution is 5.98. The van der Waals surface area contributed by atoms with E-state index in [-0.39, 0.29) is 36.3 Å². The van der Waals surface area contributed by atoms with Gasteiger partial charge < -0.3 is 38.5 Å². The molecule has 40 heavy (non-hydrogen) atoms. The summed E-state index contributed by atoms with van der Waals surface area (Å²) >= 11 is 0. The smallest absolute Gasteiger partial charge is 0.331 e. The van der Waals surface area contributed by atoms with Crippen LogP contribution in [0, 0.1) is 5.92 Å². The van der Waals surface area contributed by atoms with Crippen molar-refractivity contribution >= 4 is 17.8 Å². The molecule has 12 nitrogen and oxygen atoms in total. The van der Waals surface area contributed by atoms with Gasteiger partial charge in [-0.15, -0.1) is 0 Å². The molecule has 0 bridgehead atoms. The molecule has 4 unspecified atom stereocenters. The van der Waals surface area contributed by atoms with Crippen molar-refractivity contribution in [3.05, 3.63) is 48.3 Å². The number of carbonyl (C=O) groups is 3. The third-order valence-corrected chi connectivity index (χ3v) is 5.72. The summed E-state index contributed by atoms with van der Waals surface area (Å²) in [6, 6.07) is 9.44. The fourth-order valence-electron chi connectivity index (χ4n) is 3.78. The summed E-state index contributed by atoms with van der Waals surface area (Å²) in [6.07, 6.45) is -0.639. The molecule has 4 atom stereocenters. The second kappa shape index (κ2) is 15.0. The van der Waals surface area contributed by atoms with E-state index in [0.717, 1.165) is 0 Å². The number of pyridine rings is 1. The van der Waals surface area contributed by atoms with Crippen molar-refractivity contribution in [2.45, 2.75) is 52.0 Å². The summed E-state index contributed by atoms with van der Waals surface area (Å²) in [7, 11) is 1.38. The summed E-state index contributed by atoms with van der Waals surface area (Å²) in [6.45, 7) is 6.84. The van der Waals surface area contributed by atoms with E-state index >= 15 is 0 Å². The van der Waals surface area contributed by atoms with Crippen LogP contribution >= 0.6 is 0 Å². The molecule has 1 aliphatic rings. The molecule has 1 aromatic carbocycles. The number of esters is 2. The fraction of sp³-hybridized carbons (Fsp3) is 0.500. The molecule has 2 heterocycles. The second-order valence-electron chi connectivity index (χ2n) is 9.46. The van der Waals surface area contributed by atoms with E-state index in [4.69, 9.17) is 33.2 Å². The third-order valence-electron chi connectivity index (χ3n) is 5.72. The van der Waals surface area contributed by atoms with Gasteiger partial charge in [-0.25, -0.2) is 9.78 Å². The highest BCUT2D eigenvalue weighted by atomic mass is 16.7. The molecule has 1 amide bonds. The average Bonchev–Trinajstić information content (AvgIpc) is 2.97. The van der Waals surface area contributed by atoms with Gasteiger partial charge in [0.1, 0.15) is 18.0 Å². The van der Waals surface area contributed by atoms with Crippen LogP contribution in [-0.4, -0.2) is 80.9 Å². The van der Waals surface area contributed by atoms with Crippen LogP contribution in [0.4, 0.5) is 0 Å². The van der Waals surface area contributed by atoms with Crippen molar-refractivity contribution in [3.8, 4) is 17.2 Å². The highest BCUT2D eigenvalue weighted by Gasteiger charge is 2.37. The molecule has 3 rings (SSSR count). The minimum absolute atomic E-state index is 0.0621. The Hall–Kier alpha value is -3.90. The third kappa shape index (κ3) is 8.82. The molecule has 1 saturated heterocycles. The first-order chi connectivity index (χ1) is 19.2. The van der Waals surface area contributed by atoms with Gasteiger partial charge in [-0.1, -0.05) is 32.0 Å². The quantitative estimate of drug-likeness (QED) is 0.320. The minimum atomic E-state index is -1.18. The number of benzene rings is 1. The van der Waals surface area contributed by atoms with Gasteiger partial charge in [-0.05, 0) is 25.0 Å². The molecule has 1 aliphatic heterocycles. The van der Waals surface area contributed by atoms with E-state index in [1.54, 1.807) is 19.1 Å². The summed E-state index contributed by atoms with van der Waals surface area (Å²) < 4.78 is 39.4. The number of nitrogens with one attached hydrogen (secondary N) is 1. The number of aromatic nitrogens is 1. The van der Waals surface area contributed by atoms with Crippen LogP contribution in [0.5, 0.6) is 17.2 Å². The number of carbonyl (C=O) groups excluding carboxylic acids is 3. The van der Waals surface area contributed by atoms with Crippen LogP contribution in [0.1, 0.15) is 38.2 Å². The lowest BCUT2D eigenvalue weighted by Crippen LogP contribution is -2.48. The normalized spacial score (nSPS) is 21.3. The first kappa shape index (κ1) is 30.6. The number of cyclic esters (lactones) is 1. The van der Waals surface area contributed by atoms with Crippen LogP contribution in [-0.2, 0) is 28.5 Å². The van der Waals surface area contributed by atoms with E-state index in [1.165, 1.54) is 26.3 Å². The lowest BCUT2D eigenvalue weighted by molar-refractivity contribution is -0.159. The van der Waals surface area contributed by atoms with Crippen molar-refractivity contribution in [1.82, 2.24) is 10.3 Å². The number of methoxy groups -OCH3 is 1. The van der Waals surface area contributed by atoms with Crippen molar-refractivity contribution in [3.63, 3.8) is 0 Å². The van der Waals surface area contributed by atoms with Crippen molar-refractivity contribution in [2.75, 3.05) is 33.7 Å². The van der Waals surface area contributed by atoms with Gasteiger partial charge in [0.05, 0.1) is 20.3 Å². The Kier molecular flexibility index (Phi) is 11.5. The molecule has 0 radical (unpaired) electrons. The Balaban J connectivity index is 1.79. The van der Waals surface area contributed by atoms with Crippen molar-refractivity contribution in [2.24, 2.45) is 5.92 Å². The average molecular weight is 561 g/mol. The molecule has 1 fully saturated rings. The predicted molar refractivity (Wildman–Crippen MR) is 141 cm³/mol. The largest absolute Gasteiger partial charge is 0.493 e. The molecule has 218 valence electrons. The van der Waals surface area contributed by atoms with Crippen LogP contribution in [0.3, 0.4) is 0 Å². The Labute approximate surface area is 233 Å². The number of hydrogen-bond acceptors (Lipinski definition) is 11.